The van der Waals surface area contributed by atoms with Crippen LogP contribution in [0.2, 0.25) is 0 Å². The molecule has 1 aliphatic carbocycles. The van der Waals surface area contributed by atoms with Crippen LogP contribution < -0.4 is 5.32 Å². The number of rotatable bonds is 3. The molecule has 1 N–H and O–H groups in total. The lowest BCUT2D eigenvalue weighted by atomic mass is 9.78. The van der Waals surface area contributed by atoms with Crippen LogP contribution in [0.4, 0.5) is 0 Å². The number of carbonyl (C=O) groups excluding carboxylic acids is 2. The highest BCUT2D eigenvalue weighted by Gasteiger charge is 2.51. The fourth-order valence-electron chi connectivity index (χ4n) is 4.30. The van der Waals surface area contributed by atoms with Gasteiger partial charge in [0, 0.05) is 6.54 Å². The molecule has 1 unspecified atom stereocenters. The molecule has 2 amide bonds. The van der Waals surface area contributed by atoms with Gasteiger partial charge in [-0.05, 0) is 24.0 Å². The lowest BCUT2D eigenvalue weighted by Gasteiger charge is -2.47. The van der Waals surface area contributed by atoms with Gasteiger partial charge in [0.05, 0.1) is 0 Å². The fourth-order valence-corrected chi connectivity index (χ4v) is 4.30. The first-order chi connectivity index (χ1) is 12.7. The summed E-state index contributed by atoms with van der Waals surface area (Å²) in [6.07, 6.45) is 4.59. The smallest absolute Gasteiger partial charge is 0.249 e. The van der Waals surface area contributed by atoms with Crippen LogP contribution in [0.1, 0.15) is 49.3 Å². The minimum atomic E-state index is -0.713. The predicted octanol–water partition coefficient (Wildman–Crippen LogP) is 3.59. The van der Waals surface area contributed by atoms with E-state index in [9.17, 15) is 9.59 Å². The van der Waals surface area contributed by atoms with Gasteiger partial charge in [0.1, 0.15) is 11.6 Å². The van der Waals surface area contributed by atoms with Crippen LogP contribution in [0, 0.1) is 0 Å². The third-order valence-electron chi connectivity index (χ3n) is 5.61. The van der Waals surface area contributed by atoms with Gasteiger partial charge >= 0.3 is 0 Å². The van der Waals surface area contributed by atoms with Crippen LogP contribution in [0.25, 0.3) is 0 Å². The van der Waals surface area contributed by atoms with E-state index in [1.807, 2.05) is 60.7 Å². The molecule has 0 radical (unpaired) electrons. The number of piperazine rings is 1. The van der Waals surface area contributed by atoms with Crippen molar-refractivity contribution in [2.45, 2.75) is 50.2 Å². The second-order valence-electron chi connectivity index (χ2n) is 7.36. The SMILES string of the molecule is O=C1NC2(CCCCC2)C(=O)N(Cc2ccccc2)C1c1ccccc1. The molecule has 1 atom stereocenters. The monoisotopic (exact) mass is 348 g/mol. The van der Waals surface area contributed by atoms with Crippen molar-refractivity contribution < 1.29 is 9.59 Å². The number of benzene rings is 2. The van der Waals surface area contributed by atoms with E-state index in [4.69, 9.17) is 0 Å². The molecular weight excluding hydrogens is 324 g/mol. The van der Waals surface area contributed by atoms with E-state index < -0.39 is 11.6 Å². The predicted molar refractivity (Wildman–Crippen MR) is 100 cm³/mol. The molecule has 134 valence electrons. The van der Waals surface area contributed by atoms with Crippen molar-refractivity contribution in [2.75, 3.05) is 0 Å². The Bertz CT molecular complexity index is 782. The zero-order valence-electron chi connectivity index (χ0n) is 14.9. The molecule has 1 aliphatic heterocycles. The van der Waals surface area contributed by atoms with Gasteiger partial charge in [-0.15, -0.1) is 0 Å². The Morgan fingerprint density at radius 2 is 1.50 bits per heavy atom. The summed E-state index contributed by atoms with van der Waals surface area (Å²) >= 11 is 0. The molecule has 2 aliphatic rings. The minimum Gasteiger partial charge on any atom is -0.340 e. The van der Waals surface area contributed by atoms with Gasteiger partial charge in [0.25, 0.3) is 0 Å². The number of hydrogen-bond donors (Lipinski definition) is 1. The molecule has 4 heteroatoms. The molecule has 2 aromatic rings. The summed E-state index contributed by atoms with van der Waals surface area (Å²) in [5.74, 6) is 0.00290. The first kappa shape index (κ1) is 16.8. The highest BCUT2D eigenvalue weighted by atomic mass is 16.2. The zero-order valence-corrected chi connectivity index (χ0v) is 14.9. The number of nitrogens with one attached hydrogen (secondary N) is 1. The molecule has 26 heavy (non-hydrogen) atoms. The van der Waals surface area contributed by atoms with Crippen molar-refractivity contribution >= 4 is 11.8 Å². The van der Waals surface area contributed by atoms with Gasteiger partial charge in [-0.3, -0.25) is 9.59 Å². The van der Waals surface area contributed by atoms with Crippen molar-refractivity contribution in [3.8, 4) is 0 Å². The topological polar surface area (TPSA) is 49.4 Å². The van der Waals surface area contributed by atoms with E-state index in [0.29, 0.717) is 6.54 Å². The van der Waals surface area contributed by atoms with Gasteiger partial charge < -0.3 is 10.2 Å². The van der Waals surface area contributed by atoms with E-state index >= 15 is 0 Å². The molecule has 2 aromatic carbocycles. The van der Waals surface area contributed by atoms with Crippen LogP contribution in [0.5, 0.6) is 0 Å². The van der Waals surface area contributed by atoms with E-state index in [0.717, 1.165) is 43.2 Å². The largest absolute Gasteiger partial charge is 0.340 e. The molecule has 4 rings (SSSR count). The molecular formula is C22H24N2O2. The van der Waals surface area contributed by atoms with E-state index in [1.54, 1.807) is 4.90 Å². The Labute approximate surface area is 154 Å². The molecule has 0 aromatic heterocycles. The number of hydrogen-bond acceptors (Lipinski definition) is 2. The van der Waals surface area contributed by atoms with Crippen LogP contribution in [-0.2, 0) is 16.1 Å². The summed E-state index contributed by atoms with van der Waals surface area (Å²) in [6, 6.07) is 19.0. The Hall–Kier alpha value is -2.62. The Morgan fingerprint density at radius 3 is 2.15 bits per heavy atom. The van der Waals surface area contributed by atoms with E-state index in [1.165, 1.54) is 0 Å². The minimum absolute atomic E-state index is 0.0615. The highest BCUT2D eigenvalue weighted by molar-refractivity contribution is 6.00. The average molecular weight is 348 g/mol. The number of amides is 2. The maximum atomic E-state index is 13.5. The first-order valence-corrected chi connectivity index (χ1v) is 9.42. The summed E-state index contributed by atoms with van der Waals surface area (Å²) < 4.78 is 0. The van der Waals surface area contributed by atoms with Gasteiger partial charge in [-0.25, -0.2) is 0 Å². The summed E-state index contributed by atoms with van der Waals surface area (Å²) in [7, 11) is 0. The molecule has 2 fully saturated rings. The third kappa shape index (κ3) is 3.00. The fraction of sp³-hybridized carbons (Fsp3) is 0.364. The second-order valence-corrected chi connectivity index (χ2v) is 7.36. The summed E-state index contributed by atoms with van der Waals surface area (Å²) in [4.78, 5) is 28.4. The molecule has 1 spiro atoms. The van der Waals surface area contributed by atoms with Crippen LogP contribution in [0.3, 0.4) is 0 Å². The molecule has 0 bridgehead atoms. The normalized spacial score (nSPS) is 22.3. The van der Waals surface area contributed by atoms with E-state index in [2.05, 4.69) is 5.32 Å². The molecule has 1 heterocycles. The van der Waals surface area contributed by atoms with E-state index in [-0.39, 0.29) is 11.8 Å². The number of carbonyl (C=O) groups is 2. The standard InChI is InChI=1S/C22H24N2O2/c25-20-19(18-12-6-2-7-13-18)24(16-17-10-4-1-5-11-17)21(26)22(23-20)14-8-3-9-15-22/h1-2,4-7,10-13,19H,3,8-9,14-16H2,(H,23,25). The Balaban J connectivity index is 1.73. The molecule has 1 saturated heterocycles. The maximum absolute atomic E-state index is 13.5. The lowest BCUT2D eigenvalue weighted by molar-refractivity contribution is -0.157. The first-order valence-electron chi connectivity index (χ1n) is 9.42. The number of nitrogens with zero attached hydrogens (tertiary/aromatic N) is 1. The quantitative estimate of drug-likeness (QED) is 0.921. The average Bonchev–Trinajstić information content (AvgIpc) is 2.68. The third-order valence-corrected chi connectivity index (χ3v) is 5.61. The summed E-state index contributed by atoms with van der Waals surface area (Å²) in [6.45, 7) is 0.453. The van der Waals surface area contributed by atoms with Crippen LogP contribution >= 0.6 is 0 Å². The maximum Gasteiger partial charge on any atom is 0.249 e. The molecule has 4 nitrogen and oxygen atoms in total. The van der Waals surface area contributed by atoms with Crippen molar-refractivity contribution in [1.82, 2.24) is 10.2 Å². The van der Waals surface area contributed by atoms with Gasteiger partial charge in [-0.2, -0.15) is 0 Å². The van der Waals surface area contributed by atoms with Crippen molar-refractivity contribution in [1.29, 1.82) is 0 Å². The van der Waals surface area contributed by atoms with Gasteiger partial charge in [0.15, 0.2) is 0 Å². The second kappa shape index (κ2) is 6.94. The Morgan fingerprint density at radius 1 is 0.885 bits per heavy atom. The van der Waals surface area contributed by atoms with Crippen LogP contribution in [-0.4, -0.2) is 22.3 Å². The summed E-state index contributed by atoms with van der Waals surface area (Å²) in [5, 5.41) is 3.12. The van der Waals surface area contributed by atoms with Gasteiger partial charge in [-0.1, -0.05) is 79.9 Å². The van der Waals surface area contributed by atoms with Crippen molar-refractivity contribution in [3.05, 3.63) is 71.8 Å². The lowest BCUT2D eigenvalue weighted by Crippen LogP contribution is -2.67. The van der Waals surface area contributed by atoms with Crippen molar-refractivity contribution in [3.63, 3.8) is 0 Å². The zero-order chi connectivity index (χ0) is 18.0. The summed E-state index contributed by atoms with van der Waals surface area (Å²) in [5.41, 5.74) is 1.19. The van der Waals surface area contributed by atoms with Crippen molar-refractivity contribution in [2.24, 2.45) is 0 Å². The molecule has 1 saturated carbocycles. The highest BCUT2D eigenvalue weighted by Crippen LogP contribution is 2.38. The van der Waals surface area contributed by atoms with Crippen LogP contribution in [0.15, 0.2) is 60.7 Å². The Kier molecular flexibility index (Phi) is 4.49. The van der Waals surface area contributed by atoms with Gasteiger partial charge in [0.2, 0.25) is 11.8 Å².